The smallest absolute Gasteiger partial charge is 0.294 e. The molecule has 0 atom stereocenters. The van der Waals surface area contributed by atoms with Gasteiger partial charge in [0.25, 0.3) is 16.8 Å². The van der Waals surface area contributed by atoms with Crippen molar-refractivity contribution in [2.75, 3.05) is 44.4 Å². The van der Waals surface area contributed by atoms with Gasteiger partial charge < -0.3 is 18.9 Å². The predicted octanol–water partition coefficient (Wildman–Crippen LogP) is 5.26. The summed E-state index contributed by atoms with van der Waals surface area (Å²) in [5.74, 6) is 0.316. The molecule has 2 amide bonds. The average Bonchev–Trinajstić information content (AvgIpc) is 3.38. The number of rotatable bonds is 8. The molecule has 0 aliphatic carbocycles. The van der Waals surface area contributed by atoms with Gasteiger partial charge in [-0.2, -0.15) is 0 Å². The Labute approximate surface area is 236 Å². The zero-order valence-electron chi connectivity index (χ0n) is 22.6. The number of nitro benzene ring substituents is 1. The second-order valence-electron chi connectivity index (χ2n) is 9.69. The van der Waals surface area contributed by atoms with Gasteiger partial charge in [-0.15, -0.1) is 0 Å². The van der Waals surface area contributed by atoms with E-state index in [-0.39, 0.29) is 34.9 Å². The summed E-state index contributed by atoms with van der Waals surface area (Å²) in [7, 11) is 0. The second-order valence-corrected chi connectivity index (χ2v) is 10.7. The number of hydrogen-bond donors (Lipinski definition) is 0. The van der Waals surface area contributed by atoms with Crippen LogP contribution in [0.2, 0.25) is 0 Å². The molecule has 2 saturated heterocycles. The van der Waals surface area contributed by atoms with Crippen LogP contribution in [0.5, 0.6) is 5.75 Å². The molecule has 0 saturated carbocycles. The number of amides is 2. The first-order valence-electron chi connectivity index (χ1n) is 13.0. The van der Waals surface area contributed by atoms with E-state index in [1.807, 2.05) is 66.6 Å². The molecule has 208 valence electrons. The van der Waals surface area contributed by atoms with Crippen LogP contribution in [0.3, 0.4) is 0 Å². The average molecular weight is 563 g/mol. The third-order valence-corrected chi connectivity index (χ3v) is 7.91. The fourth-order valence-electron chi connectivity index (χ4n) is 4.92. The number of benzene rings is 2. The van der Waals surface area contributed by atoms with Gasteiger partial charge in [-0.25, -0.2) is 0 Å². The van der Waals surface area contributed by atoms with E-state index in [0.29, 0.717) is 48.3 Å². The molecule has 0 bridgehead atoms. The second kappa shape index (κ2) is 11.6. The van der Waals surface area contributed by atoms with Crippen LogP contribution in [0.4, 0.5) is 16.2 Å². The number of imide groups is 1. The highest BCUT2D eigenvalue weighted by molar-refractivity contribution is 8.18. The van der Waals surface area contributed by atoms with E-state index >= 15 is 0 Å². The summed E-state index contributed by atoms with van der Waals surface area (Å²) >= 11 is 0.897. The number of ether oxygens (including phenoxy) is 2. The summed E-state index contributed by atoms with van der Waals surface area (Å²) in [4.78, 5) is 40.7. The Morgan fingerprint density at radius 2 is 1.77 bits per heavy atom. The molecule has 1 aromatic heterocycles. The van der Waals surface area contributed by atoms with Crippen LogP contribution < -0.4 is 9.64 Å². The Hall–Kier alpha value is -4.09. The van der Waals surface area contributed by atoms with Gasteiger partial charge >= 0.3 is 0 Å². The van der Waals surface area contributed by atoms with E-state index in [2.05, 4.69) is 0 Å². The SMILES string of the molecule is Cc1ccc(OCCN2C(=O)S/C(=C\c3cc(C)n(-c4ccc(N5CCOCC5)c([N+](=O)[O-])c4)c3C)C2=O)cc1. The summed E-state index contributed by atoms with van der Waals surface area (Å²) in [6.45, 7) is 8.38. The first-order chi connectivity index (χ1) is 19.2. The molecular weight excluding hydrogens is 532 g/mol. The lowest BCUT2D eigenvalue weighted by Crippen LogP contribution is -2.36. The number of morpholine rings is 1. The molecule has 2 aromatic carbocycles. The molecule has 5 rings (SSSR count). The largest absolute Gasteiger partial charge is 0.492 e. The Morgan fingerprint density at radius 1 is 1.05 bits per heavy atom. The molecule has 40 heavy (non-hydrogen) atoms. The third kappa shape index (κ3) is 5.61. The number of aryl methyl sites for hydroxylation is 2. The van der Waals surface area contributed by atoms with Gasteiger partial charge in [0.2, 0.25) is 0 Å². The van der Waals surface area contributed by atoms with Gasteiger partial charge in [-0.3, -0.25) is 24.6 Å². The van der Waals surface area contributed by atoms with Crippen LogP contribution in [-0.2, 0) is 9.53 Å². The lowest BCUT2D eigenvalue weighted by molar-refractivity contribution is -0.384. The van der Waals surface area contributed by atoms with Gasteiger partial charge in [-0.1, -0.05) is 17.7 Å². The van der Waals surface area contributed by atoms with Crippen molar-refractivity contribution in [2.24, 2.45) is 0 Å². The van der Waals surface area contributed by atoms with E-state index in [4.69, 9.17) is 9.47 Å². The Bertz CT molecular complexity index is 1490. The molecular formula is C29H30N4O6S. The quantitative estimate of drug-likeness (QED) is 0.208. The number of hydrogen-bond acceptors (Lipinski definition) is 8. The molecule has 0 unspecified atom stereocenters. The van der Waals surface area contributed by atoms with Crippen molar-refractivity contribution in [2.45, 2.75) is 20.8 Å². The molecule has 10 nitrogen and oxygen atoms in total. The number of anilines is 1. The summed E-state index contributed by atoms with van der Waals surface area (Å²) in [6.07, 6.45) is 1.71. The maximum Gasteiger partial charge on any atom is 0.294 e. The molecule has 0 spiro atoms. The van der Waals surface area contributed by atoms with Gasteiger partial charge in [0, 0.05) is 30.5 Å². The summed E-state index contributed by atoms with van der Waals surface area (Å²) < 4.78 is 13.0. The van der Waals surface area contributed by atoms with Crippen LogP contribution in [0, 0.1) is 30.9 Å². The minimum Gasteiger partial charge on any atom is -0.492 e. The van der Waals surface area contributed by atoms with Crippen LogP contribution in [-0.4, -0.2) is 65.0 Å². The van der Waals surface area contributed by atoms with E-state index in [1.54, 1.807) is 18.2 Å². The maximum absolute atomic E-state index is 13.1. The van der Waals surface area contributed by atoms with Crippen molar-refractivity contribution in [3.63, 3.8) is 0 Å². The van der Waals surface area contributed by atoms with E-state index in [9.17, 15) is 19.7 Å². The highest BCUT2D eigenvalue weighted by Crippen LogP contribution is 2.35. The van der Waals surface area contributed by atoms with Crippen molar-refractivity contribution < 1.29 is 24.0 Å². The fourth-order valence-corrected chi connectivity index (χ4v) is 5.78. The highest BCUT2D eigenvalue weighted by atomic mass is 32.2. The minimum atomic E-state index is -0.363. The summed E-state index contributed by atoms with van der Waals surface area (Å²) in [5.41, 5.74) is 4.79. The molecule has 3 aromatic rings. The first kappa shape index (κ1) is 27.5. The number of carbonyl (C=O) groups is 2. The van der Waals surface area contributed by atoms with E-state index < -0.39 is 0 Å². The molecule has 3 heterocycles. The van der Waals surface area contributed by atoms with Crippen molar-refractivity contribution in [3.05, 3.63) is 86.1 Å². The van der Waals surface area contributed by atoms with E-state index in [1.165, 1.54) is 4.90 Å². The van der Waals surface area contributed by atoms with Crippen LogP contribution in [0.1, 0.15) is 22.5 Å². The lowest BCUT2D eigenvalue weighted by atomic mass is 10.2. The third-order valence-electron chi connectivity index (χ3n) is 7.00. The fraction of sp³-hybridized carbons (Fsp3) is 0.310. The van der Waals surface area contributed by atoms with Crippen molar-refractivity contribution in [1.29, 1.82) is 0 Å². The Kier molecular flexibility index (Phi) is 7.95. The number of nitrogens with zero attached hydrogens (tertiary/aromatic N) is 4. The van der Waals surface area contributed by atoms with Crippen LogP contribution in [0.15, 0.2) is 53.4 Å². The summed E-state index contributed by atoms with van der Waals surface area (Å²) in [5, 5.41) is 11.6. The molecule has 0 N–H and O–H groups in total. The van der Waals surface area contributed by atoms with Crippen molar-refractivity contribution in [3.8, 4) is 11.4 Å². The van der Waals surface area contributed by atoms with Gasteiger partial charge in [0.1, 0.15) is 18.0 Å². The number of nitro groups is 1. The number of aromatic nitrogens is 1. The zero-order valence-corrected chi connectivity index (χ0v) is 23.4. The molecule has 2 aliphatic rings. The normalized spacial score (nSPS) is 16.7. The zero-order chi connectivity index (χ0) is 28.4. The summed E-state index contributed by atoms with van der Waals surface area (Å²) in [6, 6.07) is 14.7. The molecule has 11 heteroatoms. The number of carbonyl (C=O) groups excluding carboxylic acids is 2. The van der Waals surface area contributed by atoms with E-state index in [0.717, 1.165) is 34.3 Å². The highest BCUT2D eigenvalue weighted by Gasteiger charge is 2.35. The van der Waals surface area contributed by atoms with Crippen molar-refractivity contribution >= 4 is 40.4 Å². The minimum absolute atomic E-state index is 0.0300. The van der Waals surface area contributed by atoms with Gasteiger partial charge in [0.05, 0.1) is 35.3 Å². The Balaban J connectivity index is 1.35. The van der Waals surface area contributed by atoms with Gasteiger partial charge in [-0.05, 0) is 74.5 Å². The molecule has 0 radical (unpaired) electrons. The van der Waals surface area contributed by atoms with Crippen LogP contribution >= 0.6 is 11.8 Å². The number of thioether (sulfide) groups is 1. The Morgan fingerprint density at radius 3 is 2.48 bits per heavy atom. The lowest BCUT2D eigenvalue weighted by Gasteiger charge is -2.28. The first-order valence-corrected chi connectivity index (χ1v) is 13.8. The van der Waals surface area contributed by atoms with Gasteiger partial charge in [0.15, 0.2) is 0 Å². The monoisotopic (exact) mass is 562 g/mol. The molecule has 2 aliphatic heterocycles. The predicted molar refractivity (Wildman–Crippen MR) is 154 cm³/mol. The topological polar surface area (TPSA) is 107 Å². The molecule has 2 fully saturated rings. The maximum atomic E-state index is 13.1. The standard InChI is InChI=1S/C29H30N4O6S/c1-19-4-7-24(8-5-19)39-15-12-31-28(34)27(40-29(31)35)17-22-16-20(2)32(21(22)3)23-6-9-25(26(18-23)33(36)37)30-10-13-38-14-11-30/h4-9,16-18H,10-15H2,1-3H3/b27-17-. The van der Waals surface area contributed by atoms with Crippen molar-refractivity contribution in [1.82, 2.24) is 9.47 Å². The van der Waals surface area contributed by atoms with Crippen LogP contribution in [0.25, 0.3) is 11.8 Å².